The summed E-state index contributed by atoms with van der Waals surface area (Å²) in [5.74, 6) is -0.00913. The first-order valence-electron chi connectivity index (χ1n) is 12.1. The van der Waals surface area contributed by atoms with Crippen LogP contribution in [0.15, 0.2) is 47.3 Å². The minimum Gasteiger partial charge on any atom is -0.493 e. The van der Waals surface area contributed by atoms with Crippen LogP contribution < -0.4 is 15.2 Å². The van der Waals surface area contributed by atoms with Crippen LogP contribution in [-0.2, 0) is 14.3 Å². The van der Waals surface area contributed by atoms with E-state index in [1.807, 2.05) is 6.92 Å². The molecule has 0 saturated carbocycles. The predicted octanol–water partition coefficient (Wildman–Crippen LogP) is 3.34. The van der Waals surface area contributed by atoms with Crippen LogP contribution >= 0.6 is 0 Å². The topological polar surface area (TPSA) is 109 Å². The monoisotopic (exact) mass is 509 g/mol. The van der Waals surface area contributed by atoms with Crippen LogP contribution in [0.4, 0.5) is 0 Å². The van der Waals surface area contributed by atoms with Gasteiger partial charge in [0.25, 0.3) is 0 Å². The van der Waals surface area contributed by atoms with E-state index in [2.05, 4.69) is 0 Å². The summed E-state index contributed by atoms with van der Waals surface area (Å²) in [6.07, 6.45) is -0.157. The molecule has 0 aliphatic carbocycles. The number of carbonyl (C=O) groups is 3. The number of hydrogen-bond donors (Lipinski definition) is 0. The molecule has 3 aromatic rings. The van der Waals surface area contributed by atoms with Gasteiger partial charge in [0.05, 0.1) is 31.3 Å². The average molecular weight is 510 g/mol. The summed E-state index contributed by atoms with van der Waals surface area (Å²) in [4.78, 5) is 52.4. The maximum atomic E-state index is 13.4. The summed E-state index contributed by atoms with van der Waals surface area (Å²) in [6.45, 7) is 4.85. The number of ether oxygens (including phenoxy) is 3. The van der Waals surface area contributed by atoms with E-state index in [9.17, 15) is 19.2 Å². The number of fused-ring (bicyclic) bond motifs is 1. The van der Waals surface area contributed by atoms with Crippen molar-refractivity contribution in [1.29, 1.82) is 0 Å². The summed E-state index contributed by atoms with van der Waals surface area (Å²) >= 11 is 0. The molecule has 4 rings (SSSR count). The molecule has 0 bridgehead atoms. The highest BCUT2D eigenvalue weighted by atomic mass is 16.5. The molecule has 37 heavy (non-hydrogen) atoms. The second-order valence-corrected chi connectivity index (χ2v) is 9.11. The van der Waals surface area contributed by atoms with E-state index in [1.54, 1.807) is 51.9 Å². The maximum absolute atomic E-state index is 13.4. The minimum absolute atomic E-state index is 0.0783. The number of imidazole rings is 1. The molecule has 1 amide bonds. The van der Waals surface area contributed by atoms with Crippen molar-refractivity contribution in [3.63, 3.8) is 0 Å². The van der Waals surface area contributed by atoms with Gasteiger partial charge in [0.1, 0.15) is 6.10 Å². The van der Waals surface area contributed by atoms with E-state index in [1.165, 1.54) is 28.1 Å². The van der Waals surface area contributed by atoms with Gasteiger partial charge in [-0.05, 0) is 43.2 Å². The van der Waals surface area contributed by atoms with E-state index in [4.69, 9.17) is 14.2 Å². The number of esters is 1. The first-order chi connectivity index (χ1) is 17.7. The van der Waals surface area contributed by atoms with Crippen molar-refractivity contribution in [3.8, 4) is 11.5 Å². The van der Waals surface area contributed by atoms with E-state index in [0.29, 0.717) is 41.1 Å². The molecule has 0 N–H and O–H groups in total. The molecule has 0 radical (unpaired) electrons. The van der Waals surface area contributed by atoms with Crippen molar-refractivity contribution in [2.75, 3.05) is 20.8 Å². The highest BCUT2D eigenvalue weighted by Gasteiger charge is 2.37. The lowest BCUT2D eigenvalue weighted by atomic mass is 9.96. The van der Waals surface area contributed by atoms with Crippen LogP contribution in [-0.4, -0.2) is 58.6 Å². The lowest BCUT2D eigenvalue weighted by Crippen LogP contribution is -2.48. The van der Waals surface area contributed by atoms with Crippen LogP contribution in [0.25, 0.3) is 11.0 Å². The number of methoxy groups -OCH3 is 2. The van der Waals surface area contributed by atoms with Crippen molar-refractivity contribution in [2.45, 2.75) is 51.8 Å². The van der Waals surface area contributed by atoms with Crippen LogP contribution in [0.5, 0.6) is 11.5 Å². The Morgan fingerprint density at radius 3 is 2.24 bits per heavy atom. The third-order valence-electron chi connectivity index (χ3n) is 6.85. The smallest absolute Gasteiger partial charge is 0.336 e. The zero-order valence-electron chi connectivity index (χ0n) is 21.6. The number of amides is 1. The number of nitrogens with zero attached hydrogens (tertiary/aromatic N) is 3. The van der Waals surface area contributed by atoms with Gasteiger partial charge < -0.3 is 19.1 Å². The van der Waals surface area contributed by atoms with Gasteiger partial charge in [-0.3, -0.25) is 19.0 Å². The highest BCUT2D eigenvalue weighted by Crippen LogP contribution is 2.36. The molecule has 196 valence electrons. The number of aromatic nitrogens is 2. The van der Waals surface area contributed by atoms with Gasteiger partial charge in [-0.1, -0.05) is 18.2 Å². The Hall–Kier alpha value is -4.08. The van der Waals surface area contributed by atoms with E-state index in [-0.39, 0.29) is 18.2 Å². The van der Waals surface area contributed by atoms with Crippen molar-refractivity contribution in [3.05, 3.63) is 58.5 Å². The molecule has 2 heterocycles. The number of benzene rings is 2. The second-order valence-electron chi connectivity index (χ2n) is 9.11. The van der Waals surface area contributed by atoms with Crippen molar-refractivity contribution >= 4 is 28.8 Å². The summed E-state index contributed by atoms with van der Waals surface area (Å²) in [5, 5.41) is 0. The molecule has 1 aliphatic rings. The van der Waals surface area contributed by atoms with Gasteiger partial charge in [0.2, 0.25) is 11.8 Å². The largest absolute Gasteiger partial charge is 0.493 e. The quantitative estimate of drug-likeness (QED) is 0.450. The Morgan fingerprint density at radius 1 is 0.973 bits per heavy atom. The molecule has 0 unspecified atom stereocenters. The van der Waals surface area contributed by atoms with E-state index < -0.39 is 29.8 Å². The van der Waals surface area contributed by atoms with Crippen LogP contribution in [0.2, 0.25) is 0 Å². The van der Waals surface area contributed by atoms with Gasteiger partial charge >= 0.3 is 11.7 Å². The van der Waals surface area contributed by atoms with E-state index in [0.717, 1.165) is 4.57 Å². The number of rotatable bonds is 7. The average Bonchev–Trinajstić information content (AvgIpc) is 3.18. The van der Waals surface area contributed by atoms with Crippen LogP contribution in [0, 0.1) is 0 Å². The minimum atomic E-state index is -0.736. The highest BCUT2D eigenvalue weighted by molar-refractivity contribution is 5.89. The van der Waals surface area contributed by atoms with Crippen molar-refractivity contribution in [1.82, 2.24) is 14.0 Å². The Morgan fingerprint density at radius 2 is 1.65 bits per heavy atom. The zero-order chi connectivity index (χ0) is 26.9. The molecule has 1 saturated heterocycles. The molecule has 1 fully saturated rings. The third kappa shape index (κ3) is 4.83. The van der Waals surface area contributed by atoms with Crippen LogP contribution in [0.1, 0.15) is 56.1 Å². The van der Waals surface area contributed by atoms with E-state index >= 15 is 0 Å². The Balaban J connectivity index is 1.62. The lowest BCUT2D eigenvalue weighted by molar-refractivity contribution is -0.155. The SMILES string of the molecule is COc1ccc([C@@H](OC(C)=O)[C@H](C)N2CC[C@H](n3c(=O)n(C(C)=O)c4ccccc43)CC2=O)cc1OC. The number of piperidine rings is 1. The molecule has 0 spiro atoms. The van der Waals surface area contributed by atoms with Crippen LogP contribution in [0.3, 0.4) is 0 Å². The van der Waals surface area contributed by atoms with Crippen molar-refractivity contribution < 1.29 is 28.6 Å². The second kappa shape index (κ2) is 10.5. The van der Waals surface area contributed by atoms with Gasteiger partial charge in [-0.25, -0.2) is 9.36 Å². The fourth-order valence-corrected chi connectivity index (χ4v) is 5.13. The molecule has 10 nitrogen and oxygen atoms in total. The normalized spacial score (nSPS) is 17.4. The molecule has 1 aliphatic heterocycles. The Kier molecular flexibility index (Phi) is 7.37. The first-order valence-corrected chi connectivity index (χ1v) is 12.1. The maximum Gasteiger partial charge on any atom is 0.336 e. The molecule has 2 aromatic carbocycles. The number of likely N-dealkylation sites (tertiary alicyclic amines) is 1. The summed E-state index contributed by atoms with van der Waals surface area (Å²) in [6, 6.07) is 11.4. The third-order valence-corrected chi connectivity index (χ3v) is 6.85. The van der Waals surface area contributed by atoms with Gasteiger partial charge in [0.15, 0.2) is 11.5 Å². The van der Waals surface area contributed by atoms with Crippen molar-refractivity contribution in [2.24, 2.45) is 0 Å². The summed E-state index contributed by atoms with van der Waals surface area (Å²) in [5.41, 5.74) is 1.35. The standard InChI is InChI=1S/C27H31N3O7/c1-16(26(37-18(3)32)19-10-11-23(35-4)24(14-19)36-5)28-13-12-20(15-25(28)33)30-22-9-7-6-8-21(22)29(17(2)31)27(30)34/h6-11,14,16,20,26H,12-13,15H2,1-5H3/t16-,20-,26-/m0/s1. The lowest BCUT2D eigenvalue weighted by Gasteiger charge is -2.39. The number of para-hydroxylation sites is 2. The van der Waals surface area contributed by atoms with Gasteiger partial charge in [0, 0.05) is 32.9 Å². The fraction of sp³-hybridized carbons (Fsp3) is 0.407. The molecule has 10 heteroatoms. The Bertz CT molecular complexity index is 1410. The van der Waals surface area contributed by atoms with Gasteiger partial charge in [-0.15, -0.1) is 0 Å². The molecular formula is C27H31N3O7. The summed E-state index contributed by atoms with van der Waals surface area (Å²) in [7, 11) is 3.05. The Labute approximate surface area is 214 Å². The molecule has 1 aromatic heterocycles. The molecular weight excluding hydrogens is 478 g/mol. The number of hydrogen-bond acceptors (Lipinski definition) is 7. The molecule has 3 atom stereocenters. The number of carbonyl (C=O) groups excluding carboxylic acids is 3. The first kappa shape index (κ1) is 26.0. The van der Waals surface area contributed by atoms with Gasteiger partial charge in [-0.2, -0.15) is 0 Å². The fourth-order valence-electron chi connectivity index (χ4n) is 5.13. The zero-order valence-corrected chi connectivity index (χ0v) is 21.6. The summed E-state index contributed by atoms with van der Waals surface area (Å²) < 4.78 is 19.1. The predicted molar refractivity (Wildman–Crippen MR) is 136 cm³/mol.